The number of rotatable bonds is 4. The number of fused-ring (bicyclic) bond motifs is 2. The third kappa shape index (κ3) is 2.74. The van der Waals surface area contributed by atoms with Gasteiger partial charge in [0.05, 0.1) is 24.0 Å². The molecule has 5 rings (SSSR count). The number of nitroso groups, excluding NO2 is 1. The summed E-state index contributed by atoms with van der Waals surface area (Å²) in [6, 6.07) is 5.45. The lowest BCUT2D eigenvalue weighted by Crippen LogP contribution is -2.26. The van der Waals surface area contributed by atoms with Crippen LogP contribution in [0.15, 0.2) is 29.6 Å². The van der Waals surface area contributed by atoms with Crippen molar-refractivity contribution >= 4 is 28.9 Å². The van der Waals surface area contributed by atoms with E-state index in [0.29, 0.717) is 16.7 Å². The molecule has 26 heavy (non-hydrogen) atoms. The molecular weight excluding hydrogens is 354 g/mol. The second-order valence-corrected chi connectivity index (χ2v) is 7.17. The van der Waals surface area contributed by atoms with Gasteiger partial charge in [0.2, 0.25) is 0 Å². The Kier molecular flexibility index (Phi) is 4.36. The standard InChI is InChI=1S/C19H18ClN3O3/c1-26-15-8-12(6-7-13(15)20)22-14-9-21-18(19(24)23-25)17-11-4-2-10(3-5-11)16(14)17/h6-11,22H,2-5H2,1H3. The molecule has 1 N–H and O–H groups in total. The van der Waals surface area contributed by atoms with Crippen molar-refractivity contribution in [2.45, 2.75) is 37.5 Å². The maximum atomic E-state index is 12.0. The summed E-state index contributed by atoms with van der Waals surface area (Å²) in [5.74, 6) is 0.433. The molecule has 1 aromatic carbocycles. The van der Waals surface area contributed by atoms with Crippen LogP contribution in [-0.2, 0) is 0 Å². The van der Waals surface area contributed by atoms with Gasteiger partial charge in [0.1, 0.15) is 11.4 Å². The summed E-state index contributed by atoms with van der Waals surface area (Å²) in [4.78, 5) is 27.0. The summed E-state index contributed by atoms with van der Waals surface area (Å²) in [5.41, 5.74) is 3.90. The van der Waals surface area contributed by atoms with Gasteiger partial charge in [-0.15, -0.1) is 4.91 Å². The second-order valence-electron chi connectivity index (χ2n) is 6.77. The van der Waals surface area contributed by atoms with Gasteiger partial charge in [0, 0.05) is 16.9 Å². The van der Waals surface area contributed by atoms with Crippen molar-refractivity contribution in [1.82, 2.24) is 4.98 Å². The Balaban J connectivity index is 1.80. The number of pyridine rings is 1. The highest BCUT2D eigenvalue weighted by atomic mass is 35.5. The van der Waals surface area contributed by atoms with Gasteiger partial charge in [-0.3, -0.25) is 4.79 Å². The fraction of sp³-hybridized carbons (Fsp3) is 0.368. The molecule has 0 atom stereocenters. The van der Waals surface area contributed by atoms with Crippen molar-refractivity contribution < 1.29 is 9.53 Å². The predicted molar refractivity (Wildman–Crippen MR) is 99.6 cm³/mol. The van der Waals surface area contributed by atoms with E-state index in [9.17, 15) is 9.70 Å². The lowest BCUT2D eigenvalue weighted by molar-refractivity contribution is 0.0993. The average Bonchev–Trinajstić information content (AvgIpc) is 2.69. The Bertz CT molecular complexity index is 892. The molecule has 2 bridgehead atoms. The van der Waals surface area contributed by atoms with Gasteiger partial charge in [0.15, 0.2) is 0 Å². The van der Waals surface area contributed by atoms with Gasteiger partial charge < -0.3 is 10.1 Å². The first-order valence-electron chi connectivity index (χ1n) is 8.63. The molecule has 134 valence electrons. The highest BCUT2D eigenvalue weighted by Crippen LogP contribution is 2.53. The Labute approximate surface area is 155 Å². The number of ether oxygens (including phenoxy) is 1. The third-order valence-electron chi connectivity index (χ3n) is 5.42. The number of anilines is 2. The summed E-state index contributed by atoms with van der Waals surface area (Å²) < 4.78 is 5.27. The summed E-state index contributed by atoms with van der Waals surface area (Å²) in [6.07, 6.45) is 5.84. The zero-order valence-electron chi connectivity index (χ0n) is 14.3. The van der Waals surface area contributed by atoms with E-state index in [-0.39, 0.29) is 11.6 Å². The molecule has 2 aromatic rings. The van der Waals surface area contributed by atoms with Crippen LogP contribution in [0.4, 0.5) is 11.4 Å². The topological polar surface area (TPSA) is 80.7 Å². The number of carbonyl (C=O) groups excluding carboxylic acids is 1. The van der Waals surface area contributed by atoms with E-state index in [1.54, 1.807) is 19.4 Å². The lowest BCUT2D eigenvalue weighted by Gasteiger charge is -2.39. The van der Waals surface area contributed by atoms with Gasteiger partial charge >= 0.3 is 5.91 Å². The highest BCUT2D eigenvalue weighted by molar-refractivity contribution is 6.32. The SMILES string of the molecule is COc1cc(Nc2cnc(C(=O)N=O)c3c2C2CCC3CC2)ccc1Cl. The van der Waals surface area contributed by atoms with E-state index in [2.05, 4.69) is 15.5 Å². The van der Waals surface area contributed by atoms with Gasteiger partial charge in [-0.1, -0.05) is 11.6 Å². The molecule has 1 aromatic heterocycles. The Morgan fingerprint density at radius 3 is 2.58 bits per heavy atom. The van der Waals surface area contributed by atoms with Crippen LogP contribution < -0.4 is 10.1 Å². The van der Waals surface area contributed by atoms with Gasteiger partial charge in [-0.2, -0.15) is 0 Å². The molecule has 7 heteroatoms. The Hall–Kier alpha value is -2.47. The van der Waals surface area contributed by atoms with Crippen LogP contribution in [0, 0.1) is 4.91 Å². The van der Waals surface area contributed by atoms with Crippen LogP contribution in [0.3, 0.4) is 0 Å². The quantitative estimate of drug-likeness (QED) is 0.752. The largest absolute Gasteiger partial charge is 0.495 e. The van der Waals surface area contributed by atoms with Crippen LogP contribution in [0.5, 0.6) is 5.75 Å². The zero-order valence-corrected chi connectivity index (χ0v) is 15.0. The van der Waals surface area contributed by atoms with Gasteiger partial charge in [0.25, 0.3) is 0 Å². The molecule has 1 heterocycles. The van der Waals surface area contributed by atoms with E-state index in [1.807, 2.05) is 12.1 Å². The molecule has 0 unspecified atom stereocenters. The maximum absolute atomic E-state index is 12.0. The number of hydrogen-bond donors (Lipinski definition) is 1. The number of amides is 1. The van der Waals surface area contributed by atoms with Crippen LogP contribution in [-0.4, -0.2) is 18.0 Å². The number of hydrogen-bond acceptors (Lipinski definition) is 5. The molecule has 0 aliphatic heterocycles. The molecule has 0 saturated heterocycles. The monoisotopic (exact) mass is 371 g/mol. The number of nitrogens with zero attached hydrogens (tertiary/aromatic N) is 2. The summed E-state index contributed by atoms with van der Waals surface area (Å²) >= 11 is 6.10. The van der Waals surface area contributed by atoms with E-state index in [0.717, 1.165) is 48.2 Å². The van der Waals surface area contributed by atoms with E-state index in [4.69, 9.17) is 16.3 Å². The molecular formula is C19H18ClN3O3. The first-order valence-corrected chi connectivity index (χ1v) is 9.01. The van der Waals surface area contributed by atoms with Crippen molar-refractivity contribution in [3.05, 3.63) is 51.1 Å². The Morgan fingerprint density at radius 2 is 1.92 bits per heavy atom. The smallest absolute Gasteiger partial charge is 0.335 e. The fourth-order valence-corrected chi connectivity index (χ4v) is 4.47. The number of methoxy groups -OCH3 is 1. The zero-order chi connectivity index (χ0) is 18.3. The van der Waals surface area contributed by atoms with Gasteiger partial charge in [-0.25, -0.2) is 4.98 Å². The van der Waals surface area contributed by atoms with Crippen molar-refractivity contribution in [3.63, 3.8) is 0 Å². The summed E-state index contributed by atoms with van der Waals surface area (Å²) in [5, 5.41) is 6.51. The van der Waals surface area contributed by atoms with Crippen molar-refractivity contribution in [2.24, 2.45) is 5.18 Å². The first kappa shape index (κ1) is 17.0. The average molecular weight is 372 g/mol. The fourth-order valence-electron chi connectivity index (χ4n) is 4.27. The number of nitrogens with one attached hydrogen (secondary N) is 1. The van der Waals surface area contributed by atoms with Crippen molar-refractivity contribution in [2.75, 3.05) is 12.4 Å². The minimum absolute atomic E-state index is 0.212. The summed E-state index contributed by atoms with van der Waals surface area (Å²) in [6.45, 7) is 0. The van der Waals surface area contributed by atoms with Crippen LogP contribution in [0.25, 0.3) is 0 Å². The number of carbonyl (C=O) groups is 1. The van der Waals surface area contributed by atoms with E-state index >= 15 is 0 Å². The maximum Gasteiger partial charge on any atom is 0.335 e. The van der Waals surface area contributed by atoms with Crippen molar-refractivity contribution in [3.8, 4) is 5.75 Å². The summed E-state index contributed by atoms with van der Waals surface area (Å²) in [7, 11) is 1.57. The minimum atomic E-state index is -0.784. The molecule has 0 spiro atoms. The number of halogens is 1. The van der Waals surface area contributed by atoms with E-state index < -0.39 is 5.91 Å². The third-order valence-corrected chi connectivity index (χ3v) is 5.73. The molecule has 1 fully saturated rings. The molecule has 6 nitrogen and oxygen atoms in total. The number of benzene rings is 1. The molecule has 3 aliphatic carbocycles. The van der Waals surface area contributed by atoms with Crippen molar-refractivity contribution in [1.29, 1.82) is 0 Å². The van der Waals surface area contributed by atoms with Crippen LogP contribution >= 0.6 is 11.6 Å². The molecule has 1 saturated carbocycles. The Morgan fingerprint density at radius 1 is 1.23 bits per heavy atom. The normalized spacial score (nSPS) is 20.4. The molecule has 3 aliphatic rings. The van der Waals surface area contributed by atoms with Crippen LogP contribution in [0.2, 0.25) is 5.02 Å². The highest BCUT2D eigenvalue weighted by Gasteiger charge is 2.38. The van der Waals surface area contributed by atoms with Gasteiger partial charge in [-0.05, 0) is 60.8 Å². The minimum Gasteiger partial charge on any atom is -0.495 e. The predicted octanol–water partition coefficient (Wildman–Crippen LogP) is 5.15. The molecule has 0 radical (unpaired) electrons. The van der Waals surface area contributed by atoms with E-state index in [1.165, 1.54) is 0 Å². The van der Waals surface area contributed by atoms with Crippen LogP contribution in [0.1, 0.15) is 59.1 Å². The molecule has 1 amide bonds. The number of aromatic nitrogens is 1. The lowest BCUT2D eigenvalue weighted by atomic mass is 9.66. The second kappa shape index (κ2) is 6.68. The first-order chi connectivity index (χ1) is 12.6.